The molecule has 8 heteroatoms. The van der Waals surface area contributed by atoms with Crippen LogP contribution in [-0.2, 0) is 19.4 Å². The SMILES string of the molecule is COc1cc2c(cc1OC)CN(CCc1ccc(Nc3nc(-c4ccc5c(c4)OCO5)nc4ccccc34)cc1)CC2. The van der Waals surface area contributed by atoms with Crippen molar-refractivity contribution in [1.82, 2.24) is 14.9 Å². The van der Waals surface area contributed by atoms with Crippen molar-refractivity contribution in [1.29, 1.82) is 0 Å². The smallest absolute Gasteiger partial charge is 0.231 e. The number of methoxy groups -OCH3 is 2. The Morgan fingerprint density at radius 2 is 1.62 bits per heavy atom. The van der Waals surface area contributed by atoms with Gasteiger partial charge in [-0.25, -0.2) is 9.97 Å². The maximum absolute atomic E-state index is 5.57. The van der Waals surface area contributed by atoms with E-state index >= 15 is 0 Å². The third kappa shape index (κ3) is 5.17. The number of rotatable bonds is 8. The fourth-order valence-electron chi connectivity index (χ4n) is 5.65. The lowest BCUT2D eigenvalue weighted by molar-refractivity contribution is 0.174. The van der Waals surface area contributed by atoms with Crippen LogP contribution in [0.25, 0.3) is 22.3 Å². The van der Waals surface area contributed by atoms with Gasteiger partial charge in [-0.3, -0.25) is 4.90 Å². The Morgan fingerprint density at radius 3 is 2.45 bits per heavy atom. The summed E-state index contributed by atoms with van der Waals surface area (Å²) >= 11 is 0. The minimum Gasteiger partial charge on any atom is -0.493 e. The number of ether oxygens (including phenoxy) is 4. The molecule has 0 bridgehead atoms. The number of hydrogen-bond acceptors (Lipinski definition) is 8. The summed E-state index contributed by atoms with van der Waals surface area (Å²) in [6, 6.07) is 26.7. The van der Waals surface area contributed by atoms with Crippen LogP contribution in [0.3, 0.4) is 0 Å². The molecule has 1 N–H and O–H groups in total. The summed E-state index contributed by atoms with van der Waals surface area (Å²) in [5.41, 5.74) is 6.69. The van der Waals surface area contributed by atoms with Gasteiger partial charge in [0.2, 0.25) is 6.79 Å². The van der Waals surface area contributed by atoms with Gasteiger partial charge in [-0.15, -0.1) is 0 Å². The van der Waals surface area contributed by atoms with Crippen molar-refractivity contribution in [3.63, 3.8) is 0 Å². The zero-order valence-corrected chi connectivity index (χ0v) is 23.7. The topological polar surface area (TPSA) is 78.0 Å². The standard InChI is InChI=1S/C34H32N4O4/c1-39-30-17-23-14-16-38(20-25(23)19-31(30)40-2)15-13-22-7-10-26(11-8-22)35-34-27-5-3-4-6-28(27)36-33(37-34)24-9-12-29-32(18-24)42-21-41-29/h3-12,17-19H,13-16,20-21H2,1-2H3,(H,35,36,37). The van der Waals surface area contributed by atoms with E-state index in [-0.39, 0.29) is 6.79 Å². The molecule has 7 rings (SSSR count). The van der Waals surface area contributed by atoms with Gasteiger partial charge in [-0.05, 0) is 84.1 Å². The molecular formula is C34H32N4O4. The number of nitrogens with one attached hydrogen (secondary N) is 1. The van der Waals surface area contributed by atoms with E-state index in [0.717, 1.165) is 77.7 Å². The Balaban J connectivity index is 1.05. The van der Waals surface area contributed by atoms with Crippen LogP contribution in [0, 0.1) is 0 Å². The first-order valence-corrected chi connectivity index (χ1v) is 14.2. The third-order valence-electron chi connectivity index (χ3n) is 7.96. The van der Waals surface area contributed by atoms with Crippen LogP contribution in [0.1, 0.15) is 16.7 Å². The largest absolute Gasteiger partial charge is 0.493 e. The van der Waals surface area contributed by atoms with E-state index in [1.165, 1.54) is 16.7 Å². The first-order valence-electron chi connectivity index (χ1n) is 14.2. The van der Waals surface area contributed by atoms with E-state index in [1.54, 1.807) is 14.2 Å². The molecule has 4 aromatic carbocycles. The predicted octanol–water partition coefficient (Wildman–Crippen LogP) is 6.39. The fraction of sp³-hybridized carbons (Fsp3) is 0.235. The molecule has 0 atom stereocenters. The van der Waals surface area contributed by atoms with E-state index in [4.69, 9.17) is 28.9 Å². The van der Waals surface area contributed by atoms with Gasteiger partial charge in [-0.1, -0.05) is 24.3 Å². The molecule has 0 saturated carbocycles. The zero-order chi connectivity index (χ0) is 28.5. The van der Waals surface area contributed by atoms with Gasteiger partial charge in [0, 0.05) is 36.3 Å². The molecule has 42 heavy (non-hydrogen) atoms. The van der Waals surface area contributed by atoms with Gasteiger partial charge in [0.15, 0.2) is 28.8 Å². The van der Waals surface area contributed by atoms with Crippen molar-refractivity contribution in [3.05, 3.63) is 95.6 Å². The highest BCUT2D eigenvalue weighted by atomic mass is 16.7. The van der Waals surface area contributed by atoms with Crippen LogP contribution in [0.15, 0.2) is 78.9 Å². The van der Waals surface area contributed by atoms with Crippen molar-refractivity contribution < 1.29 is 18.9 Å². The van der Waals surface area contributed by atoms with E-state index in [9.17, 15) is 0 Å². The Morgan fingerprint density at radius 1 is 0.833 bits per heavy atom. The zero-order valence-electron chi connectivity index (χ0n) is 23.7. The molecule has 0 spiro atoms. The molecule has 0 amide bonds. The highest BCUT2D eigenvalue weighted by Crippen LogP contribution is 2.36. The Kier molecular flexibility index (Phi) is 6.97. The molecule has 2 aliphatic heterocycles. The molecule has 0 saturated heterocycles. The highest BCUT2D eigenvalue weighted by Gasteiger charge is 2.20. The van der Waals surface area contributed by atoms with Crippen molar-refractivity contribution in [2.75, 3.05) is 39.4 Å². The van der Waals surface area contributed by atoms with Crippen LogP contribution < -0.4 is 24.3 Å². The summed E-state index contributed by atoms with van der Waals surface area (Å²) in [6.45, 7) is 3.18. The molecule has 8 nitrogen and oxygen atoms in total. The van der Waals surface area contributed by atoms with Gasteiger partial charge in [0.1, 0.15) is 5.82 Å². The van der Waals surface area contributed by atoms with E-state index < -0.39 is 0 Å². The number of nitrogens with zero attached hydrogens (tertiary/aromatic N) is 3. The second kappa shape index (κ2) is 11.2. The van der Waals surface area contributed by atoms with E-state index in [1.807, 2.05) is 42.5 Å². The summed E-state index contributed by atoms with van der Waals surface area (Å²) < 4.78 is 22.0. The highest BCUT2D eigenvalue weighted by molar-refractivity contribution is 5.92. The van der Waals surface area contributed by atoms with Crippen molar-refractivity contribution >= 4 is 22.4 Å². The quantitative estimate of drug-likeness (QED) is 0.234. The van der Waals surface area contributed by atoms with Crippen molar-refractivity contribution in [2.45, 2.75) is 19.4 Å². The van der Waals surface area contributed by atoms with Gasteiger partial charge >= 0.3 is 0 Å². The Bertz CT molecular complexity index is 1760. The fourth-order valence-corrected chi connectivity index (χ4v) is 5.65. The molecule has 2 aliphatic rings. The summed E-state index contributed by atoms with van der Waals surface area (Å²) in [7, 11) is 3.38. The van der Waals surface area contributed by atoms with E-state index in [0.29, 0.717) is 11.6 Å². The van der Waals surface area contributed by atoms with Crippen LogP contribution in [0.5, 0.6) is 23.0 Å². The van der Waals surface area contributed by atoms with Crippen LogP contribution >= 0.6 is 0 Å². The summed E-state index contributed by atoms with van der Waals surface area (Å²) in [5, 5.41) is 4.50. The molecule has 5 aromatic rings. The lowest BCUT2D eigenvalue weighted by Crippen LogP contribution is -2.32. The molecule has 3 heterocycles. The first kappa shape index (κ1) is 26.1. The maximum atomic E-state index is 5.57. The number of benzene rings is 4. The summed E-state index contributed by atoms with van der Waals surface area (Å²) in [4.78, 5) is 12.2. The van der Waals surface area contributed by atoms with Gasteiger partial charge in [-0.2, -0.15) is 0 Å². The predicted molar refractivity (Wildman–Crippen MR) is 163 cm³/mol. The molecule has 0 aliphatic carbocycles. The van der Waals surface area contributed by atoms with Crippen molar-refractivity contribution in [2.24, 2.45) is 0 Å². The summed E-state index contributed by atoms with van der Waals surface area (Å²) in [6.07, 6.45) is 1.99. The molecule has 0 radical (unpaired) electrons. The maximum Gasteiger partial charge on any atom is 0.231 e. The number of hydrogen-bond donors (Lipinski definition) is 1. The minimum absolute atomic E-state index is 0.233. The van der Waals surface area contributed by atoms with Gasteiger partial charge in [0.25, 0.3) is 0 Å². The molecular weight excluding hydrogens is 528 g/mol. The van der Waals surface area contributed by atoms with E-state index in [2.05, 4.69) is 46.6 Å². The molecule has 1 aromatic heterocycles. The normalized spacial score (nSPS) is 14.0. The summed E-state index contributed by atoms with van der Waals surface area (Å²) in [5.74, 6) is 4.44. The second-order valence-corrected chi connectivity index (χ2v) is 10.6. The second-order valence-electron chi connectivity index (χ2n) is 10.6. The number of fused-ring (bicyclic) bond motifs is 3. The molecule has 212 valence electrons. The minimum atomic E-state index is 0.233. The first-order chi connectivity index (χ1) is 20.7. The molecule has 0 fully saturated rings. The average molecular weight is 561 g/mol. The lowest BCUT2D eigenvalue weighted by Gasteiger charge is -2.29. The van der Waals surface area contributed by atoms with Crippen LogP contribution in [0.4, 0.5) is 11.5 Å². The lowest BCUT2D eigenvalue weighted by atomic mass is 9.98. The van der Waals surface area contributed by atoms with Crippen LogP contribution in [0.2, 0.25) is 0 Å². The Hall–Kier alpha value is -4.82. The number of anilines is 2. The average Bonchev–Trinajstić information content (AvgIpc) is 3.52. The van der Waals surface area contributed by atoms with Gasteiger partial charge in [0.05, 0.1) is 19.7 Å². The molecule has 0 unspecified atom stereocenters. The third-order valence-corrected chi connectivity index (χ3v) is 7.96. The number of para-hydroxylation sites is 1. The Labute approximate surface area is 244 Å². The number of aromatic nitrogens is 2. The monoisotopic (exact) mass is 560 g/mol. The van der Waals surface area contributed by atoms with Crippen molar-refractivity contribution in [3.8, 4) is 34.4 Å². The van der Waals surface area contributed by atoms with Gasteiger partial charge < -0.3 is 24.3 Å². The van der Waals surface area contributed by atoms with Crippen LogP contribution in [-0.4, -0.2) is 49.0 Å².